The van der Waals surface area contributed by atoms with Crippen LogP contribution in [-0.4, -0.2) is 41.9 Å². The van der Waals surface area contributed by atoms with Crippen LogP contribution in [0.1, 0.15) is 54.9 Å². The molecule has 1 amide bonds. The smallest absolute Gasteiger partial charge is 0.253 e. The molecule has 172 valence electrons. The van der Waals surface area contributed by atoms with Gasteiger partial charge in [-0.2, -0.15) is 0 Å². The minimum absolute atomic E-state index is 0.134. The van der Waals surface area contributed by atoms with Crippen molar-refractivity contribution in [3.63, 3.8) is 0 Å². The van der Waals surface area contributed by atoms with E-state index in [0.717, 1.165) is 49.6 Å². The van der Waals surface area contributed by atoms with Crippen molar-refractivity contribution < 1.29 is 4.79 Å². The summed E-state index contributed by atoms with van der Waals surface area (Å²) in [5.41, 5.74) is 7.35. The second kappa shape index (κ2) is 8.85. The van der Waals surface area contributed by atoms with E-state index in [0.29, 0.717) is 5.41 Å². The highest BCUT2D eigenvalue weighted by Crippen LogP contribution is 2.51. The van der Waals surface area contributed by atoms with Crippen LogP contribution < -0.4 is 0 Å². The molecule has 2 aromatic rings. The molecule has 3 aliphatic rings. The molecule has 0 unspecified atom stereocenters. The summed E-state index contributed by atoms with van der Waals surface area (Å²) in [5, 5.41) is 0. The summed E-state index contributed by atoms with van der Waals surface area (Å²) in [7, 11) is 0. The molecule has 1 heterocycles. The predicted molar refractivity (Wildman–Crippen MR) is 136 cm³/mol. The first-order valence-electron chi connectivity index (χ1n) is 12.5. The third-order valence-electron chi connectivity index (χ3n) is 7.77. The molecular formula is C30H36N2O. The fourth-order valence-electron chi connectivity index (χ4n) is 4.98. The quantitative estimate of drug-likeness (QED) is 0.448. The number of allylic oxidation sites excluding steroid dienone is 2. The Morgan fingerprint density at radius 1 is 0.939 bits per heavy atom. The lowest BCUT2D eigenvalue weighted by Crippen LogP contribution is -2.48. The second-order valence-electron chi connectivity index (χ2n) is 10.6. The number of hydrogen-bond donors (Lipinski definition) is 0. The van der Waals surface area contributed by atoms with Crippen LogP contribution in [0, 0.1) is 11.3 Å². The molecule has 33 heavy (non-hydrogen) atoms. The van der Waals surface area contributed by atoms with Crippen molar-refractivity contribution in [2.75, 3.05) is 26.2 Å². The lowest BCUT2D eigenvalue weighted by atomic mass is 9.97. The maximum absolute atomic E-state index is 13.1. The van der Waals surface area contributed by atoms with Crippen LogP contribution in [0.4, 0.5) is 0 Å². The Morgan fingerprint density at radius 2 is 1.61 bits per heavy atom. The fraction of sp³-hybridized carbons (Fsp3) is 0.433. The monoisotopic (exact) mass is 440 g/mol. The van der Waals surface area contributed by atoms with Crippen molar-refractivity contribution >= 4 is 5.91 Å². The van der Waals surface area contributed by atoms with Gasteiger partial charge in [0.25, 0.3) is 5.91 Å². The van der Waals surface area contributed by atoms with Crippen molar-refractivity contribution in [2.45, 2.75) is 45.4 Å². The Kier molecular flexibility index (Phi) is 5.90. The maximum atomic E-state index is 13.1. The molecule has 3 fully saturated rings. The lowest BCUT2D eigenvalue weighted by Gasteiger charge is -2.39. The maximum Gasteiger partial charge on any atom is 0.253 e. The number of carbonyl (C=O) groups is 1. The van der Waals surface area contributed by atoms with E-state index in [-0.39, 0.29) is 5.91 Å². The summed E-state index contributed by atoms with van der Waals surface area (Å²) in [5.74, 6) is 1.02. The van der Waals surface area contributed by atoms with Gasteiger partial charge in [-0.1, -0.05) is 62.1 Å². The molecule has 0 bridgehead atoms. The third kappa shape index (κ3) is 5.08. The number of hydrogen-bond acceptors (Lipinski definition) is 2. The van der Waals surface area contributed by atoms with Crippen LogP contribution in [0.25, 0.3) is 11.1 Å². The first-order valence-corrected chi connectivity index (χ1v) is 12.5. The van der Waals surface area contributed by atoms with Crippen molar-refractivity contribution in [3.05, 3.63) is 84.1 Å². The molecular weight excluding hydrogens is 404 g/mol. The van der Waals surface area contributed by atoms with Crippen molar-refractivity contribution in [2.24, 2.45) is 11.3 Å². The van der Waals surface area contributed by atoms with Gasteiger partial charge in [0, 0.05) is 42.9 Å². The largest absolute Gasteiger partial charge is 0.371 e. The highest BCUT2D eigenvalue weighted by molar-refractivity contribution is 5.94. The van der Waals surface area contributed by atoms with Gasteiger partial charge in [-0.05, 0) is 73.3 Å². The van der Waals surface area contributed by atoms with Crippen molar-refractivity contribution in [1.82, 2.24) is 9.80 Å². The Labute approximate surface area is 198 Å². The molecule has 0 atom stereocenters. The molecule has 0 spiro atoms. The molecule has 3 heteroatoms. The van der Waals surface area contributed by atoms with Gasteiger partial charge in [0.1, 0.15) is 0 Å². The molecule has 1 aliphatic heterocycles. The molecule has 0 radical (unpaired) electrons. The van der Waals surface area contributed by atoms with E-state index in [1.807, 2.05) is 17.0 Å². The van der Waals surface area contributed by atoms with Gasteiger partial charge in [0.05, 0.1) is 0 Å². The minimum Gasteiger partial charge on any atom is -0.371 e. The number of rotatable bonds is 8. The Hall–Kier alpha value is -2.81. The molecule has 2 saturated carbocycles. The van der Waals surface area contributed by atoms with Crippen LogP contribution >= 0.6 is 0 Å². The van der Waals surface area contributed by atoms with Gasteiger partial charge in [0.2, 0.25) is 0 Å². The first-order chi connectivity index (χ1) is 15.9. The van der Waals surface area contributed by atoms with Crippen LogP contribution in [-0.2, 0) is 6.42 Å². The lowest BCUT2D eigenvalue weighted by molar-refractivity contribution is 0.0659. The number of amides is 1. The van der Waals surface area contributed by atoms with E-state index in [4.69, 9.17) is 0 Å². The molecule has 2 aromatic carbocycles. The number of piperazine rings is 1. The molecule has 0 aromatic heterocycles. The number of nitrogens with zero attached hydrogens (tertiary/aromatic N) is 2. The SMILES string of the molecule is C=C(Cc1cccc(-c2ccc(C(=O)N3CCN(C(=C)C4(C)CC4)CC3)cc2)c1)CC1CC1. The average molecular weight is 441 g/mol. The molecule has 5 rings (SSSR count). The molecule has 3 nitrogen and oxygen atoms in total. The van der Waals surface area contributed by atoms with Crippen LogP contribution in [0.5, 0.6) is 0 Å². The highest BCUT2D eigenvalue weighted by atomic mass is 16.2. The van der Waals surface area contributed by atoms with Crippen LogP contribution in [0.15, 0.2) is 73.0 Å². The summed E-state index contributed by atoms with van der Waals surface area (Å²) in [6.07, 6.45) is 7.36. The van der Waals surface area contributed by atoms with E-state index in [9.17, 15) is 4.79 Å². The van der Waals surface area contributed by atoms with E-state index in [2.05, 4.69) is 61.4 Å². The van der Waals surface area contributed by atoms with Crippen molar-refractivity contribution in [3.8, 4) is 11.1 Å². The van der Waals surface area contributed by atoms with Gasteiger partial charge >= 0.3 is 0 Å². The van der Waals surface area contributed by atoms with Gasteiger partial charge < -0.3 is 9.80 Å². The van der Waals surface area contributed by atoms with Crippen molar-refractivity contribution in [1.29, 1.82) is 0 Å². The number of benzene rings is 2. The highest BCUT2D eigenvalue weighted by Gasteiger charge is 2.42. The molecule has 1 saturated heterocycles. The van der Waals surface area contributed by atoms with Gasteiger partial charge in [0.15, 0.2) is 0 Å². The van der Waals surface area contributed by atoms with E-state index >= 15 is 0 Å². The first kappa shape index (κ1) is 22.0. The zero-order chi connectivity index (χ0) is 23.0. The van der Waals surface area contributed by atoms with E-state index in [1.54, 1.807) is 0 Å². The third-order valence-corrected chi connectivity index (χ3v) is 7.77. The summed E-state index contributed by atoms with van der Waals surface area (Å²) >= 11 is 0. The Morgan fingerprint density at radius 3 is 2.24 bits per heavy atom. The zero-order valence-corrected chi connectivity index (χ0v) is 20.0. The standard InChI is InChI=1S/C30H36N2O/c1-22(19-24-7-8-24)20-25-5-4-6-28(21-25)26-9-11-27(12-10-26)29(33)32-17-15-31(16-18-32)23(2)30(3)13-14-30/h4-6,9-12,21,24H,1-2,7-8,13-20H2,3H3. The summed E-state index contributed by atoms with van der Waals surface area (Å²) in [6, 6.07) is 16.9. The fourth-order valence-corrected chi connectivity index (χ4v) is 4.98. The van der Waals surface area contributed by atoms with E-state index in [1.165, 1.54) is 54.5 Å². The second-order valence-corrected chi connectivity index (χ2v) is 10.6. The summed E-state index contributed by atoms with van der Waals surface area (Å²) in [6.45, 7) is 14.2. The topological polar surface area (TPSA) is 23.6 Å². The molecule has 2 aliphatic carbocycles. The van der Waals surface area contributed by atoms with Gasteiger partial charge in [-0.3, -0.25) is 4.79 Å². The number of carbonyl (C=O) groups excluding carboxylic acids is 1. The average Bonchev–Trinajstić information content (AvgIpc) is 3.77. The van der Waals surface area contributed by atoms with Gasteiger partial charge in [-0.15, -0.1) is 0 Å². The Bertz CT molecular complexity index is 1050. The summed E-state index contributed by atoms with van der Waals surface area (Å²) in [4.78, 5) is 17.4. The van der Waals surface area contributed by atoms with Gasteiger partial charge in [-0.25, -0.2) is 0 Å². The van der Waals surface area contributed by atoms with Crippen LogP contribution in [0.2, 0.25) is 0 Å². The van der Waals surface area contributed by atoms with E-state index < -0.39 is 0 Å². The Balaban J connectivity index is 1.19. The minimum atomic E-state index is 0.134. The zero-order valence-electron chi connectivity index (χ0n) is 20.0. The normalized spacial score (nSPS) is 19.3. The van der Waals surface area contributed by atoms with Crippen LogP contribution in [0.3, 0.4) is 0 Å². The summed E-state index contributed by atoms with van der Waals surface area (Å²) < 4.78 is 0. The predicted octanol–water partition coefficient (Wildman–Crippen LogP) is 6.32. The molecule has 0 N–H and O–H groups in total.